The molecule has 0 aliphatic rings. The number of halogens is 1. The first kappa shape index (κ1) is 14.8. The minimum atomic E-state index is 0.687. The first-order chi connectivity index (χ1) is 10.2. The van der Waals surface area contributed by atoms with E-state index in [1.54, 1.807) is 23.1 Å². The molecule has 4 nitrogen and oxygen atoms in total. The fourth-order valence-corrected chi connectivity index (χ4v) is 4.29. The molecule has 2 aromatic heterocycles. The summed E-state index contributed by atoms with van der Waals surface area (Å²) in [6.07, 6.45) is 0. The number of nitrogens with zero attached hydrogens (tertiary/aromatic N) is 2. The number of aryl methyl sites for hydroxylation is 1. The van der Waals surface area contributed by atoms with E-state index in [0.717, 1.165) is 20.5 Å². The van der Waals surface area contributed by atoms with Crippen LogP contribution in [0.25, 0.3) is 10.2 Å². The van der Waals surface area contributed by atoms with E-state index < -0.39 is 0 Å². The standard InChI is InChI=1S/C14H13BrN4S2/c1-8-6-9-13(19-16)17-12(18-14(9)21-8)7-20-11-5-3-2-4-10(11)15/h2-6H,7,16H2,1H3,(H,17,18,19). The van der Waals surface area contributed by atoms with Crippen LogP contribution in [0.5, 0.6) is 0 Å². The molecule has 3 aromatic rings. The zero-order valence-electron chi connectivity index (χ0n) is 11.3. The van der Waals surface area contributed by atoms with Crippen molar-refractivity contribution in [3.63, 3.8) is 0 Å². The average Bonchev–Trinajstić information content (AvgIpc) is 2.85. The van der Waals surface area contributed by atoms with E-state index in [1.165, 1.54) is 9.77 Å². The molecule has 0 aliphatic heterocycles. The van der Waals surface area contributed by atoms with Crippen LogP contribution in [0.3, 0.4) is 0 Å². The molecule has 0 amide bonds. The number of thiophene rings is 1. The largest absolute Gasteiger partial charge is 0.308 e. The van der Waals surface area contributed by atoms with Crippen molar-refractivity contribution in [3.05, 3.63) is 45.5 Å². The number of benzene rings is 1. The summed E-state index contributed by atoms with van der Waals surface area (Å²) >= 11 is 6.90. The monoisotopic (exact) mass is 380 g/mol. The van der Waals surface area contributed by atoms with E-state index >= 15 is 0 Å². The SMILES string of the molecule is Cc1cc2c(NN)nc(CSc3ccccc3Br)nc2s1. The Kier molecular flexibility index (Phi) is 4.44. The molecular weight excluding hydrogens is 368 g/mol. The maximum atomic E-state index is 5.58. The van der Waals surface area contributed by atoms with Gasteiger partial charge in [0.1, 0.15) is 10.7 Å². The highest BCUT2D eigenvalue weighted by atomic mass is 79.9. The molecular formula is C14H13BrN4S2. The number of rotatable bonds is 4. The number of fused-ring (bicyclic) bond motifs is 1. The lowest BCUT2D eigenvalue weighted by Crippen LogP contribution is -2.10. The molecule has 3 rings (SSSR count). The normalized spacial score (nSPS) is 11.0. The Morgan fingerprint density at radius 2 is 2.14 bits per heavy atom. The summed E-state index contributed by atoms with van der Waals surface area (Å²) in [4.78, 5) is 12.5. The molecule has 2 heterocycles. The third-order valence-electron chi connectivity index (χ3n) is 2.89. The fourth-order valence-electron chi connectivity index (χ4n) is 1.96. The number of hydrogen-bond donors (Lipinski definition) is 2. The van der Waals surface area contributed by atoms with Crippen LogP contribution in [0.1, 0.15) is 10.7 Å². The smallest absolute Gasteiger partial charge is 0.152 e. The number of thioether (sulfide) groups is 1. The van der Waals surface area contributed by atoms with Crippen molar-refractivity contribution in [1.82, 2.24) is 9.97 Å². The van der Waals surface area contributed by atoms with Gasteiger partial charge in [-0.15, -0.1) is 23.1 Å². The van der Waals surface area contributed by atoms with E-state index in [1.807, 2.05) is 18.2 Å². The minimum Gasteiger partial charge on any atom is -0.308 e. The van der Waals surface area contributed by atoms with E-state index in [9.17, 15) is 0 Å². The zero-order chi connectivity index (χ0) is 14.8. The fraction of sp³-hybridized carbons (Fsp3) is 0.143. The highest BCUT2D eigenvalue weighted by molar-refractivity contribution is 9.10. The number of nitrogen functional groups attached to an aromatic ring is 1. The van der Waals surface area contributed by atoms with E-state index in [4.69, 9.17) is 5.84 Å². The molecule has 0 spiro atoms. The van der Waals surface area contributed by atoms with Gasteiger partial charge in [0.05, 0.1) is 11.1 Å². The molecule has 3 N–H and O–H groups in total. The topological polar surface area (TPSA) is 63.8 Å². The van der Waals surface area contributed by atoms with Crippen LogP contribution in [0, 0.1) is 6.92 Å². The number of nitrogens with two attached hydrogens (primary N) is 1. The van der Waals surface area contributed by atoms with Gasteiger partial charge in [0.25, 0.3) is 0 Å². The Bertz CT molecular complexity index is 788. The lowest BCUT2D eigenvalue weighted by atomic mass is 10.3. The number of hydrogen-bond acceptors (Lipinski definition) is 6. The predicted octanol–water partition coefficient (Wildman–Crippen LogP) is 4.34. The summed E-state index contributed by atoms with van der Waals surface area (Å²) in [5, 5.41) is 0.981. The third kappa shape index (κ3) is 3.21. The molecule has 108 valence electrons. The second-order valence-corrected chi connectivity index (χ2v) is 7.53. The van der Waals surface area contributed by atoms with Crippen molar-refractivity contribution >= 4 is 55.1 Å². The van der Waals surface area contributed by atoms with Gasteiger partial charge in [-0.3, -0.25) is 0 Å². The predicted molar refractivity (Wildman–Crippen MR) is 93.7 cm³/mol. The van der Waals surface area contributed by atoms with Gasteiger partial charge in [-0.2, -0.15) is 0 Å². The number of hydrazine groups is 1. The van der Waals surface area contributed by atoms with Gasteiger partial charge in [-0.1, -0.05) is 12.1 Å². The second kappa shape index (κ2) is 6.31. The molecule has 0 fully saturated rings. The summed E-state index contributed by atoms with van der Waals surface area (Å²) in [6.45, 7) is 2.06. The Balaban J connectivity index is 1.89. The quantitative estimate of drug-likeness (QED) is 0.400. The molecule has 0 atom stereocenters. The van der Waals surface area contributed by atoms with Crippen LogP contribution in [0.15, 0.2) is 39.7 Å². The summed E-state index contributed by atoms with van der Waals surface area (Å²) in [6, 6.07) is 10.2. The van der Waals surface area contributed by atoms with Crippen LogP contribution >= 0.6 is 39.0 Å². The lowest BCUT2D eigenvalue weighted by molar-refractivity contribution is 1.06. The number of anilines is 1. The molecule has 0 unspecified atom stereocenters. The minimum absolute atomic E-state index is 0.687. The molecule has 7 heteroatoms. The van der Waals surface area contributed by atoms with Gasteiger partial charge in [-0.05, 0) is 41.1 Å². The van der Waals surface area contributed by atoms with E-state index in [0.29, 0.717) is 11.6 Å². The molecule has 0 saturated heterocycles. The summed E-state index contributed by atoms with van der Waals surface area (Å²) in [5.41, 5.74) is 2.67. The Morgan fingerprint density at radius 3 is 2.90 bits per heavy atom. The number of aromatic nitrogens is 2. The molecule has 21 heavy (non-hydrogen) atoms. The van der Waals surface area contributed by atoms with Gasteiger partial charge in [0.15, 0.2) is 5.82 Å². The molecule has 0 bridgehead atoms. The highest BCUT2D eigenvalue weighted by Gasteiger charge is 2.10. The van der Waals surface area contributed by atoms with Crippen LogP contribution in [0.2, 0.25) is 0 Å². The van der Waals surface area contributed by atoms with Gasteiger partial charge in [-0.25, -0.2) is 15.8 Å². The molecule has 0 aliphatic carbocycles. The Morgan fingerprint density at radius 1 is 1.33 bits per heavy atom. The van der Waals surface area contributed by atoms with Crippen molar-refractivity contribution < 1.29 is 0 Å². The third-order valence-corrected chi connectivity index (χ3v) is 5.86. The van der Waals surface area contributed by atoms with Crippen molar-refractivity contribution in [2.75, 3.05) is 5.43 Å². The maximum absolute atomic E-state index is 5.58. The Hall–Kier alpha value is -1.15. The number of nitrogens with one attached hydrogen (secondary N) is 1. The average molecular weight is 381 g/mol. The summed E-state index contributed by atoms with van der Waals surface area (Å²) in [7, 11) is 0. The van der Waals surface area contributed by atoms with E-state index in [2.05, 4.69) is 50.4 Å². The lowest BCUT2D eigenvalue weighted by Gasteiger charge is -2.06. The van der Waals surface area contributed by atoms with Crippen molar-refractivity contribution in [1.29, 1.82) is 0 Å². The van der Waals surface area contributed by atoms with Crippen LogP contribution < -0.4 is 11.3 Å². The van der Waals surface area contributed by atoms with Crippen molar-refractivity contribution in [3.8, 4) is 0 Å². The summed E-state index contributed by atoms with van der Waals surface area (Å²) in [5.74, 6) is 7.74. The van der Waals surface area contributed by atoms with Crippen LogP contribution in [0.4, 0.5) is 5.82 Å². The van der Waals surface area contributed by atoms with Crippen molar-refractivity contribution in [2.24, 2.45) is 5.84 Å². The zero-order valence-corrected chi connectivity index (χ0v) is 14.5. The molecule has 1 aromatic carbocycles. The second-order valence-electron chi connectivity index (χ2n) is 4.43. The molecule has 0 saturated carbocycles. The summed E-state index contributed by atoms with van der Waals surface area (Å²) < 4.78 is 1.08. The maximum Gasteiger partial charge on any atom is 0.152 e. The first-order valence-electron chi connectivity index (χ1n) is 6.28. The van der Waals surface area contributed by atoms with E-state index in [-0.39, 0.29) is 0 Å². The van der Waals surface area contributed by atoms with Crippen molar-refractivity contribution in [2.45, 2.75) is 17.6 Å². The molecule has 0 radical (unpaired) electrons. The van der Waals surface area contributed by atoms with Gasteiger partial charge in [0, 0.05) is 14.2 Å². The Labute approximate surface area is 139 Å². The van der Waals surface area contributed by atoms with Crippen LogP contribution in [-0.2, 0) is 5.75 Å². The highest BCUT2D eigenvalue weighted by Crippen LogP contribution is 2.32. The van der Waals surface area contributed by atoms with Gasteiger partial charge < -0.3 is 5.43 Å². The van der Waals surface area contributed by atoms with Gasteiger partial charge in [0.2, 0.25) is 0 Å². The first-order valence-corrected chi connectivity index (χ1v) is 8.88. The van der Waals surface area contributed by atoms with Gasteiger partial charge >= 0.3 is 0 Å². The van der Waals surface area contributed by atoms with Crippen LogP contribution in [-0.4, -0.2) is 9.97 Å².